The third-order valence-electron chi connectivity index (χ3n) is 2.35. The van der Waals surface area contributed by atoms with E-state index in [1.165, 1.54) is 6.92 Å². The summed E-state index contributed by atoms with van der Waals surface area (Å²) in [5, 5.41) is 0. The zero-order valence-corrected chi connectivity index (χ0v) is 6.53. The Hall–Kier alpha value is -1.72. The molecule has 2 aliphatic rings. The second-order valence-electron chi connectivity index (χ2n) is 2.92. The van der Waals surface area contributed by atoms with Crippen LogP contribution in [0.15, 0.2) is 0 Å². The predicted molar refractivity (Wildman–Crippen MR) is 33.8 cm³/mol. The van der Waals surface area contributed by atoms with E-state index in [4.69, 9.17) is 0 Å². The lowest BCUT2D eigenvalue weighted by atomic mass is 9.75. The summed E-state index contributed by atoms with van der Waals surface area (Å²) in [5.74, 6) is -5.06. The van der Waals surface area contributed by atoms with Crippen LogP contribution in [0.1, 0.15) is 6.92 Å². The van der Waals surface area contributed by atoms with Gasteiger partial charge in [0.05, 0.1) is 5.92 Å². The van der Waals surface area contributed by atoms with Crippen LogP contribution in [0.4, 0.5) is 0 Å². The van der Waals surface area contributed by atoms with Crippen LogP contribution in [0, 0.1) is 11.3 Å². The molecule has 0 aromatic rings. The highest BCUT2D eigenvalue weighted by Gasteiger charge is 2.75. The van der Waals surface area contributed by atoms with Gasteiger partial charge in [-0.3, -0.25) is 4.79 Å². The fourth-order valence-corrected chi connectivity index (χ4v) is 1.42. The minimum atomic E-state index is -1.99. The number of esters is 4. The molecule has 0 aromatic carbocycles. The first kappa shape index (κ1) is 7.90. The van der Waals surface area contributed by atoms with Crippen LogP contribution in [0.5, 0.6) is 0 Å². The number of hydrogen-bond donors (Lipinski definition) is 0. The summed E-state index contributed by atoms with van der Waals surface area (Å²) in [6.45, 7) is 1.28. The molecule has 13 heavy (non-hydrogen) atoms. The van der Waals surface area contributed by atoms with E-state index in [2.05, 4.69) is 9.47 Å². The van der Waals surface area contributed by atoms with Crippen LogP contribution in [0.2, 0.25) is 0 Å². The standard InChI is InChI=1S/C7H4O6/c1-2-3(8)12-4(9)7(2)5(10)13-6(7)11/h2H,1H3. The van der Waals surface area contributed by atoms with E-state index in [1.54, 1.807) is 0 Å². The van der Waals surface area contributed by atoms with Crippen molar-refractivity contribution in [3.63, 3.8) is 0 Å². The second kappa shape index (κ2) is 1.95. The Labute approximate surface area is 71.8 Å². The normalized spacial score (nSPS) is 30.1. The Morgan fingerprint density at radius 3 is 1.69 bits per heavy atom. The SMILES string of the molecule is CC1C(=O)OC(=O)C12C(=O)OC2=O. The van der Waals surface area contributed by atoms with Crippen molar-refractivity contribution >= 4 is 23.9 Å². The van der Waals surface area contributed by atoms with Crippen LogP contribution in [0.3, 0.4) is 0 Å². The van der Waals surface area contributed by atoms with Crippen molar-refractivity contribution < 1.29 is 28.7 Å². The van der Waals surface area contributed by atoms with Gasteiger partial charge in [-0.05, 0) is 6.92 Å². The molecule has 2 rings (SSSR count). The maximum Gasteiger partial charge on any atom is 0.343 e. The maximum atomic E-state index is 11.1. The molecular formula is C7H4O6. The van der Waals surface area contributed by atoms with Gasteiger partial charge in [-0.1, -0.05) is 0 Å². The van der Waals surface area contributed by atoms with Gasteiger partial charge in [-0.2, -0.15) is 0 Å². The molecule has 2 aliphatic heterocycles. The molecule has 0 aromatic heterocycles. The third-order valence-corrected chi connectivity index (χ3v) is 2.35. The molecule has 1 unspecified atom stereocenters. The Bertz CT molecular complexity index is 340. The van der Waals surface area contributed by atoms with Crippen molar-refractivity contribution in [2.45, 2.75) is 6.92 Å². The van der Waals surface area contributed by atoms with Gasteiger partial charge in [0.25, 0.3) is 5.41 Å². The Kier molecular flexibility index (Phi) is 1.19. The van der Waals surface area contributed by atoms with Gasteiger partial charge in [-0.25, -0.2) is 14.4 Å². The molecule has 0 amide bonds. The number of cyclic esters (lactones) is 4. The first-order valence-electron chi connectivity index (χ1n) is 3.54. The van der Waals surface area contributed by atoms with Gasteiger partial charge < -0.3 is 9.47 Å². The lowest BCUT2D eigenvalue weighted by Gasteiger charge is -2.30. The van der Waals surface area contributed by atoms with E-state index >= 15 is 0 Å². The van der Waals surface area contributed by atoms with Crippen LogP contribution >= 0.6 is 0 Å². The molecule has 2 saturated heterocycles. The third kappa shape index (κ3) is 0.600. The van der Waals surface area contributed by atoms with Crippen molar-refractivity contribution in [3.05, 3.63) is 0 Å². The lowest BCUT2D eigenvalue weighted by molar-refractivity contribution is -0.200. The summed E-state index contributed by atoms with van der Waals surface area (Å²) in [4.78, 5) is 43.8. The van der Waals surface area contributed by atoms with Crippen LogP contribution in [-0.2, 0) is 28.7 Å². The molecule has 1 spiro atoms. The van der Waals surface area contributed by atoms with Crippen LogP contribution in [0.25, 0.3) is 0 Å². The molecule has 0 radical (unpaired) electrons. The summed E-state index contributed by atoms with van der Waals surface area (Å²) in [7, 11) is 0. The lowest BCUT2D eigenvalue weighted by Crippen LogP contribution is -2.59. The van der Waals surface area contributed by atoms with Gasteiger partial charge in [0.2, 0.25) is 0 Å². The van der Waals surface area contributed by atoms with E-state index in [0.717, 1.165) is 0 Å². The van der Waals surface area contributed by atoms with Crippen molar-refractivity contribution in [1.29, 1.82) is 0 Å². The van der Waals surface area contributed by atoms with Crippen molar-refractivity contribution in [1.82, 2.24) is 0 Å². The minimum Gasteiger partial charge on any atom is -0.392 e. The first-order valence-corrected chi connectivity index (χ1v) is 3.54. The Morgan fingerprint density at radius 2 is 1.46 bits per heavy atom. The molecular weight excluding hydrogens is 180 g/mol. The number of rotatable bonds is 0. The van der Waals surface area contributed by atoms with Crippen molar-refractivity contribution in [2.24, 2.45) is 11.3 Å². The van der Waals surface area contributed by atoms with Crippen molar-refractivity contribution in [2.75, 3.05) is 0 Å². The summed E-state index contributed by atoms with van der Waals surface area (Å²) in [6.07, 6.45) is 0. The molecule has 0 N–H and O–H groups in total. The Morgan fingerprint density at radius 1 is 1.00 bits per heavy atom. The van der Waals surface area contributed by atoms with Gasteiger partial charge >= 0.3 is 23.9 Å². The maximum absolute atomic E-state index is 11.1. The number of ether oxygens (including phenoxy) is 2. The van der Waals surface area contributed by atoms with E-state index in [9.17, 15) is 19.2 Å². The minimum absolute atomic E-state index is 0.866. The van der Waals surface area contributed by atoms with Crippen LogP contribution in [-0.4, -0.2) is 23.9 Å². The summed E-state index contributed by atoms with van der Waals surface area (Å²) in [5.41, 5.74) is -1.99. The molecule has 0 saturated carbocycles. The number of carbonyl (C=O) groups excluding carboxylic acids is 4. The molecule has 2 heterocycles. The zero-order valence-electron chi connectivity index (χ0n) is 6.53. The van der Waals surface area contributed by atoms with Crippen LogP contribution < -0.4 is 0 Å². The average molecular weight is 184 g/mol. The quantitative estimate of drug-likeness (QED) is 0.346. The van der Waals surface area contributed by atoms with Gasteiger partial charge in [0.15, 0.2) is 0 Å². The molecule has 0 aliphatic carbocycles. The van der Waals surface area contributed by atoms with Gasteiger partial charge in [0.1, 0.15) is 0 Å². The molecule has 6 nitrogen and oxygen atoms in total. The number of hydrogen-bond acceptors (Lipinski definition) is 6. The van der Waals surface area contributed by atoms with E-state index in [-0.39, 0.29) is 0 Å². The predicted octanol–water partition coefficient (Wildman–Crippen LogP) is -1.22. The van der Waals surface area contributed by atoms with E-state index in [0.29, 0.717) is 0 Å². The van der Waals surface area contributed by atoms with Crippen molar-refractivity contribution in [3.8, 4) is 0 Å². The summed E-state index contributed by atoms with van der Waals surface area (Å²) < 4.78 is 8.21. The van der Waals surface area contributed by atoms with E-state index < -0.39 is 35.2 Å². The molecule has 68 valence electrons. The largest absolute Gasteiger partial charge is 0.392 e. The molecule has 6 heteroatoms. The summed E-state index contributed by atoms with van der Waals surface area (Å²) in [6, 6.07) is 0. The fourth-order valence-electron chi connectivity index (χ4n) is 1.42. The van der Waals surface area contributed by atoms with Gasteiger partial charge in [-0.15, -0.1) is 0 Å². The monoisotopic (exact) mass is 184 g/mol. The zero-order chi connectivity index (χ0) is 9.80. The highest BCUT2D eigenvalue weighted by molar-refractivity contribution is 6.32. The highest BCUT2D eigenvalue weighted by Crippen LogP contribution is 2.44. The molecule has 1 atom stereocenters. The second-order valence-corrected chi connectivity index (χ2v) is 2.92. The molecule has 0 bridgehead atoms. The number of carbonyl (C=O) groups is 4. The summed E-state index contributed by atoms with van der Waals surface area (Å²) >= 11 is 0. The first-order chi connectivity index (χ1) is 6.01. The topological polar surface area (TPSA) is 86.7 Å². The smallest absolute Gasteiger partial charge is 0.343 e. The fraction of sp³-hybridized carbons (Fsp3) is 0.429. The average Bonchev–Trinajstić information content (AvgIpc) is 2.26. The Balaban J connectivity index is 2.53. The highest BCUT2D eigenvalue weighted by atomic mass is 16.6. The van der Waals surface area contributed by atoms with Gasteiger partial charge in [0, 0.05) is 0 Å². The van der Waals surface area contributed by atoms with E-state index in [1.807, 2.05) is 0 Å². The molecule has 2 fully saturated rings.